The van der Waals surface area contributed by atoms with Crippen LogP contribution in [0, 0.1) is 5.82 Å². The fourth-order valence-electron chi connectivity index (χ4n) is 2.26. The van der Waals surface area contributed by atoms with Gasteiger partial charge in [0.25, 0.3) is 5.91 Å². The van der Waals surface area contributed by atoms with E-state index in [1.807, 2.05) is 12.1 Å². The van der Waals surface area contributed by atoms with Crippen molar-refractivity contribution in [3.63, 3.8) is 0 Å². The number of benzene rings is 3. The van der Waals surface area contributed by atoms with Gasteiger partial charge < -0.3 is 16.2 Å². The zero-order chi connectivity index (χ0) is 15.7. The number of hydrogen-bond acceptors (Lipinski definition) is 3. The van der Waals surface area contributed by atoms with Crippen LogP contribution in [0.2, 0.25) is 0 Å². The maximum Gasteiger partial charge on any atom is 0.259 e. The summed E-state index contributed by atoms with van der Waals surface area (Å²) in [7, 11) is 0. The molecular formula is C17H13FN2O2. The highest BCUT2D eigenvalue weighted by Crippen LogP contribution is 2.29. The minimum Gasteiger partial charge on any atom is -0.506 e. The van der Waals surface area contributed by atoms with Crippen molar-refractivity contribution < 1.29 is 14.3 Å². The van der Waals surface area contributed by atoms with E-state index in [0.29, 0.717) is 11.1 Å². The van der Waals surface area contributed by atoms with Crippen LogP contribution in [0.1, 0.15) is 10.4 Å². The van der Waals surface area contributed by atoms with E-state index in [-0.39, 0.29) is 17.0 Å². The summed E-state index contributed by atoms with van der Waals surface area (Å²) in [5, 5.41) is 14.3. The summed E-state index contributed by atoms with van der Waals surface area (Å²) in [5.74, 6) is -1.13. The van der Waals surface area contributed by atoms with Gasteiger partial charge in [-0.1, -0.05) is 30.3 Å². The van der Waals surface area contributed by atoms with Crippen LogP contribution >= 0.6 is 0 Å². The monoisotopic (exact) mass is 296 g/mol. The van der Waals surface area contributed by atoms with Crippen molar-refractivity contribution in [3.8, 4) is 5.75 Å². The van der Waals surface area contributed by atoms with E-state index < -0.39 is 11.7 Å². The molecule has 4 nitrogen and oxygen atoms in total. The molecule has 3 rings (SSSR count). The van der Waals surface area contributed by atoms with Crippen LogP contribution in [0.15, 0.2) is 54.6 Å². The zero-order valence-electron chi connectivity index (χ0n) is 11.5. The molecule has 0 atom stereocenters. The lowest BCUT2D eigenvalue weighted by molar-refractivity contribution is 0.102. The number of nitrogens with two attached hydrogens (primary N) is 1. The number of carbonyl (C=O) groups excluding carboxylic acids is 1. The van der Waals surface area contributed by atoms with Gasteiger partial charge in [-0.2, -0.15) is 0 Å². The standard InChI is InChI=1S/C17H13FN2O2/c18-14-8-6-11(9-15(14)19)20-17(22)13-7-5-10-3-1-2-4-12(10)16(13)21/h1-9,21H,19H2,(H,20,22). The molecule has 3 aromatic carbocycles. The third-order valence-electron chi connectivity index (χ3n) is 3.40. The van der Waals surface area contributed by atoms with Gasteiger partial charge in [-0.25, -0.2) is 4.39 Å². The van der Waals surface area contributed by atoms with E-state index in [9.17, 15) is 14.3 Å². The molecule has 0 aliphatic carbocycles. The van der Waals surface area contributed by atoms with Crippen molar-refractivity contribution in [2.45, 2.75) is 0 Å². The van der Waals surface area contributed by atoms with E-state index in [1.165, 1.54) is 18.2 Å². The highest BCUT2D eigenvalue weighted by Gasteiger charge is 2.14. The number of phenolic OH excluding ortho intramolecular Hbond substituents is 1. The smallest absolute Gasteiger partial charge is 0.259 e. The van der Waals surface area contributed by atoms with E-state index in [2.05, 4.69) is 5.32 Å². The molecule has 0 unspecified atom stereocenters. The molecule has 110 valence electrons. The van der Waals surface area contributed by atoms with Gasteiger partial charge in [0.05, 0.1) is 11.3 Å². The molecule has 0 radical (unpaired) electrons. The quantitative estimate of drug-likeness (QED) is 0.633. The van der Waals surface area contributed by atoms with Gasteiger partial charge in [0.1, 0.15) is 11.6 Å². The number of rotatable bonds is 2. The number of amides is 1. The molecule has 0 aliphatic heterocycles. The Morgan fingerprint density at radius 1 is 1.09 bits per heavy atom. The number of nitrogen functional groups attached to an aromatic ring is 1. The van der Waals surface area contributed by atoms with E-state index in [1.54, 1.807) is 24.3 Å². The maximum absolute atomic E-state index is 13.1. The maximum atomic E-state index is 13.1. The summed E-state index contributed by atoms with van der Waals surface area (Å²) in [6.45, 7) is 0. The Hall–Kier alpha value is -3.08. The number of halogens is 1. The second-order valence-corrected chi connectivity index (χ2v) is 4.87. The van der Waals surface area contributed by atoms with Crippen LogP contribution in [0.5, 0.6) is 5.75 Å². The predicted octanol–water partition coefficient (Wildman–Crippen LogP) is 3.52. The topological polar surface area (TPSA) is 75.3 Å². The van der Waals surface area contributed by atoms with Gasteiger partial charge in [-0.3, -0.25) is 4.79 Å². The fraction of sp³-hybridized carbons (Fsp3) is 0. The molecular weight excluding hydrogens is 283 g/mol. The average Bonchev–Trinajstić information content (AvgIpc) is 2.51. The molecule has 0 aromatic heterocycles. The van der Waals surface area contributed by atoms with Gasteiger partial charge in [0, 0.05) is 11.1 Å². The lowest BCUT2D eigenvalue weighted by atomic mass is 10.0. The Morgan fingerprint density at radius 2 is 1.86 bits per heavy atom. The Balaban J connectivity index is 1.95. The van der Waals surface area contributed by atoms with Gasteiger partial charge >= 0.3 is 0 Å². The Bertz CT molecular complexity index is 878. The average molecular weight is 296 g/mol. The summed E-state index contributed by atoms with van der Waals surface area (Å²) >= 11 is 0. The van der Waals surface area contributed by atoms with Crippen LogP contribution < -0.4 is 11.1 Å². The molecule has 0 saturated carbocycles. The second kappa shape index (κ2) is 5.37. The molecule has 5 heteroatoms. The fourth-order valence-corrected chi connectivity index (χ4v) is 2.26. The van der Waals surface area contributed by atoms with Crippen molar-refractivity contribution in [2.75, 3.05) is 11.1 Å². The van der Waals surface area contributed by atoms with Crippen LogP contribution in [-0.2, 0) is 0 Å². The lowest BCUT2D eigenvalue weighted by Gasteiger charge is -2.09. The number of anilines is 2. The predicted molar refractivity (Wildman–Crippen MR) is 84.4 cm³/mol. The molecule has 0 aliphatic rings. The first-order valence-corrected chi connectivity index (χ1v) is 6.63. The number of nitrogens with one attached hydrogen (secondary N) is 1. The third kappa shape index (κ3) is 2.44. The first kappa shape index (κ1) is 13.9. The molecule has 3 aromatic rings. The van der Waals surface area contributed by atoms with Crippen LogP contribution in [0.4, 0.5) is 15.8 Å². The number of carbonyl (C=O) groups is 1. The number of fused-ring (bicyclic) bond motifs is 1. The molecule has 0 fully saturated rings. The minimum atomic E-state index is -0.549. The summed E-state index contributed by atoms with van der Waals surface area (Å²) in [6.07, 6.45) is 0. The first-order valence-electron chi connectivity index (χ1n) is 6.63. The Labute approximate surface area is 126 Å². The lowest BCUT2D eigenvalue weighted by Crippen LogP contribution is -2.12. The largest absolute Gasteiger partial charge is 0.506 e. The number of phenols is 1. The van der Waals surface area contributed by atoms with Crippen molar-refractivity contribution in [2.24, 2.45) is 0 Å². The molecule has 22 heavy (non-hydrogen) atoms. The molecule has 0 spiro atoms. The molecule has 0 bridgehead atoms. The van der Waals surface area contributed by atoms with Gasteiger partial charge in [0.15, 0.2) is 0 Å². The normalized spacial score (nSPS) is 10.6. The molecule has 4 N–H and O–H groups in total. The van der Waals surface area contributed by atoms with Crippen molar-refractivity contribution in [3.05, 3.63) is 66.0 Å². The number of aromatic hydroxyl groups is 1. The minimum absolute atomic E-state index is 0.0551. The van der Waals surface area contributed by atoms with E-state index in [4.69, 9.17) is 5.73 Å². The van der Waals surface area contributed by atoms with Crippen LogP contribution in [0.3, 0.4) is 0 Å². The summed E-state index contributed by atoms with van der Waals surface area (Å²) in [4.78, 5) is 12.3. The second-order valence-electron chi connectivity index (χ2n) is 4.87. The van der Waals surface area contributed by atoms with E-state index in [0.717, 1.165) is 5.39 Å². The molecule has 0 heterocycles. The van der Waals surface area contributed by atoms with Crippen molar-refractivity contribution in [1.82, 2.24) is 0 Å². The Morgan fingerprint density at radius 3 is 2.64 bits per heavy atom. The van der Waals surface area contributed by atoms with Gasteiger partial charge in [0.2, 0.25) is 0 Å². The van der Waals surface area contributed by atoms with Crippen molar-refractivity contribution in [1.29, 1.82) is 0 Å². The SMILES string of the molecule is Nc1cc(NC(=O)c2ccc3ccccc3c2O)ccc1F. The van der Waals surface area contributed by atoms with Gasteiger partial charge in [-0.05, 0) is 29.7 Å². The Kier molecular flexibility index (Phi) is 3.39. The highest BCUT2D eigenvalue weighted by atomic mass is 19.1. The summed E-state index contributed by atoms with van der Waals surface area (Å²) in [5.41, 5.74) is 5.91. The summed E-state index contributed by atoms with van der Waals surface area (Å²) in [6, 6.07) is 14.4. The summed E-state index contributed by atoms with van der Waals surface area (Å²) < 4.78 is 13.1. The molecule has 1 amide bonds. The van der Waals surface area contributed by atoms with Gasteiger partial charge in [-0.15, -0.1) is 0 Å². The van der Waals surface area contributed by atoms with E-state index >= 15 is 0 Å². The van der Waals surface area contributed by atoms with Crippen molar-refractivity contribution >= 4 is 28.1 Å². The zero-order valence-corrected chi connectivity index (χ0v) is 11.5. The molecule has 0 saturated heterocycles. The third-order valence-corrected chi connectivity index (χ3v) is 3.40. The van der Waals surface area contributed by atoms with Crippen LogP contribution in [0.25, 0.3) is 10.8 Å². The first-order chi connectivity index (χ1) is 10.6. The highest BCUT2D eigenvalue weighted by molar-refractivity contribution is 6.09. The number of hydrogen-bond donors (Lipinski definition) is 3. The van der Waals surface area contributed by atoms with Crippen LogP contribution in [-0.4, -0.2) is 11.0 Å².